The Bertz CT molecular complexity index is 844. The van der Waals surface area contributed by atoms with Crippen molar-refractivity contribution >= 4 is 10.0 Å². The summed E-state index contributed by atoms with van der Waals surface area (Å²) in [5, 5.41) is 5.15. The summed E-state index contributed by atoms with van der Waals surface area (Å²) in [6, 6.07) is 16.1. The van der Waals surface area contributed by atoms with E-state index in [1.54, 1.807) is 24.3 Å². The van der Waals surface area contributed by atoms with E-state index in [0.717, 1.165) is 29.6 Å². The monoisotopic (exact) mass is 356 g/mol. The Morgan fingerprint density at radius 1 is 0.960 bits per heavy atom. The third-order valence-electron chi connectivity index (χ3n) is 5.62. The molecule has 0 radical (unpaired) electrons. The first-order valence-electron chi connectivity index (χ1n) is 8.95. The van der Waals surface area contributed by atoms with Gasteiger partial charge in [0, 0.05) is 19.1 Å². The van der Waals surface area contributed by atoms with Gasteiger partial charge in [-0.2, -0.15) is 0 Å². The van der Waals surface area contributed by atoms with Crippen LogP contribution in [-0.4, -0.2) is 25.9 Å². The van der Waals surface area contributed by atoms with Crippen LogP contribution < -0.4 is 5.14 Å². The smallest absolute Gasteiger partial charge is 0.238 e. The maximum atomic E-state index is 11.3. The van der Waals surface area contributed by atoms with E-state index in [9.17, 15) is 8.42 Å². The first kappa shape index (κ1) is 16.8. The van der Waals surface area contributed by atoms with Gasteiger partial charge in [-0.05, 0) is 54.0 Å². The summed E-state index contributed by atoms with van der Waals surface area (Å²) in [5.41, 5.74) is 3.43. The molecule has 132 valence electrons. The van der Waals surface area contributed by atoms with Gasteiger partial charge in [-0.1, -0.05) is 42.8 Å². The van der Waals surface area contributed by atoms with Crippen molar-refractivity contribution in [3.63, 3.8) is 0 Å². The molecule has 0 spiro atoms. The number of benzene rings is 2. The van der Waals surface area contributed by atoms with E-state index in [4.69, 9.17) is 5.14 Å². The Hall–Kier alpha value is -1.69. The molecule has 2 N–H and O–H groups in total. The zero-order valence-electron chi connectivity index (χ0n) is 14.3. The maximum absolute atomic E-state index is 11.3. The summed E-state index contributed by atoms with van der Waals surface area (Å²) in [5.74, 6) is 0.912. The Morgan fingerprint density at radius 2 is 1.60 bits per heavy atom. The topological polar surface area (TPSA) is 63.4 Å². The molecule has 0 aromatic heterocycles. The van der Waals surface area contributed by atoms with E-state index in [2.05, 4.69) is 29.2 Å². The highest BCUT2D eigenvalue weighted by molar-refractivity contribution is 7.89. The molecule has 2 atom stereocenters. The molecule has 2 fully saturated rings. The van der Waals surface area contributed by atoms with E-state index in [0.29, 0.717) is 0 Å². The van der Waals surface area contributed by atoms with Crippen LogP contribution >= 0.6 is 0 Å². The van der Waals surface area contributed by atoms with Crippen molar-refractivity contribution in [1.29, 1.82) is 0 Å². The van der Waals surface area contributed by atoms with Crippen LogP contribution in [0.3, 0.4) is 0 Å². The van der Waals surface area contributed by atoms with Crippen molar-refractivity contribution in [3.8, 4) is 11.1 Å². The molecule has 4 rings (SSSR count). The summed E-state index contributed by atoms with van der Waals surface area (Å²) in [6.45, 7) is 2.28. The number of fused-ring (bicyclic) bond motifs is 2. The number of rotatable bonds is 4. The van der Waals surface area contributed by atoms with E-state index in [1.807, 2.05) is 0 Å². The van der Waals surface area contributed by atoms with E-state index >= 15 is 0 Å². The molecular weight excluding hydrogens is 332 g/mol. The van der Waals surface area contributed by atoms with Crippen LogP contribution in [0.2, 0.25) is 0 Å². The quantitative estimate of drug-likeness (QED) is 0.913. The van der Waals surface area contributed by atoms with Crippen molar-refractivity contribution < 1.29 is 8.42 Å². The van der Waals surface area contributed by atoms with Gasteiger partial charge in [-0.3, -0.25) is 4.90 Å². The molecule has 0 unspecified atom stereocenters. The van der Waals surface area contributed by atoms with Crippen LogP contribution in [0.1, 0.15) is 31.2 Å². The van der Waals surface area contributed by atoms with Gasteiger partial charge in [0.15, 0.2) is 0 Å². The summed E-state index contributed by atoms with van der Waals surface area (Å²) in [4.78, 5) is 2.79. The summed E-state index contributed by atoms with van der Waals surface area (Å²) in [6.07, 6.45) is 5.53. The molecule has 5 heteroatoms. The molecule has 4 nitrogen and oxygen atoms in total. The second-order valence-corrected chi connectivity index (χ2v) is 8.94. The van der Waals surface area contributed by atoms with E-state index in [1.165, 1.54) is 37.8 Å². The number of hydrogen-bond donors (Lipinski definition) is 1. The number of hydrogen-bond acceptors (Lipinski definition) is 3. The molecule has 1 aliphatic carbocycles. The minimum atomic E-state index is -3.63. The van der Waals surface area contributed by atoms with Gasteiger partial charge in [-0.25, -0.2) is 13.6 Å². The number of primary sulfonamides is 1. The lowest BCUT2D eigenvalue weighted by atomic mass is 9.90. The van der Waals surface area contributed by atoms with Crippen molar-refractivity contribution in [2.45, 2.75) is 43.2 Å². The van der Waals surface area contributed by atoms with Gasteiger partial charge in [0.05, 0.1) is 4.90 Å². The Labute approximate surface area is 149 Å². The highest BCUT2D eigenvalue weighted by atomic mass is 32.2. The van der Waals surface area contributed by atoms with Crippen LogP contribution in [-0.2, 0) is 16.6 Å². The molecule has 1 heterocycles. The largest absolute Gasteiger partial charge is 0.296 e. The Balaban J connectivity index is 1.47. The average Bonchev–Trinajstić information content (AvgIpc) is 2.88. The van der Waals surface area contributed by atoms with Crippen LogP contribution in [0.15, 0.2) is 53.4 Å². The zero-order chi connectivity index (χ0) is 17.4. The summed E-state index contributed by atoms with van der Waals surface area (Å²) < 4.78 is 22.7. The second-order valence-electron chi connectivity index (χ2n) is 7.38. The fourth-order valence-corrected chi connectivity index (χ4v) is 4.82. The third-order valence-corrected chi connectivity index (χ3v) is 6.55. The van der Waals surface area contributed by atoms with Gasteiger partial charge in [0.1, 0.15) is 0 Å². The van der Waals surface area contributed by atoms with Crippen LogP contribution in [0.5, 0.6) is 0 Å². The molecule has 0 amide bonds. The highest BCUT2D eigenvalue weighted by Gasteiger charge is 2.34. The van der Waals surface area contributed by atoms with Crippen LogP contribution in [0.4, 0.5) is 0 Å². The lowest BCUT2D eigenvalue weighted by Gasteiger charge is -2.24. The summed E-state index contributed by atoms with van der Waals surface area (Å²) >= 11 is 0. The second kappa shape index (κ2) is 6.56. The van der Waals surface area contributed by atoms with Crippen LogP contribution in [0, 0.1) is 5.92 Å². The molecular formula is C20H24N2O2S. The standard InChI is InChI=1S/C20H24N2O2S/c21-25(23,24)20-10-8-18(9-11-20)17-6-4-15(5-7-17)13-22-14-16-2-1-3-19(22)12-16/h4-11,16,19H,1-3,12-14H2,(H2,21,23,24)/t16-,19+/m1/s1. The normalized spacial score (nSPS) is 23.7. The minimum Gasteiger partial charge on any atom is -0.296 e. The van der Waals surface area contributed by atoms with Gasteiger partial charge in [-0.15, -0.1) is 0 Å². The number of sulfonamides is 1. The molecule has 2 aromatic rings. The van der Waals surface area contributed by atoms with Crippen molar-refractivity contribution in [3.05, 3.63) is 54.1 Å². The van der Waals surface area contributed by atoms with Crippen molar-refractivity contribution in [2.75, 3.05) is 6.54 Å². The molecule has 2 aromatic carbocycles. The minimum absolute atomic E-state index is 0.146. The lowest BCUT2D eigenvalue weighted by Crippen LogP contribution is -2.28. The molecule has 25 heavy (non-hydrogen) atoms. The highest BCUT2D eigenvalue weighted by Crippen LogP contribution is 2.36. The molecule has 2 aliphatic rings. The molecule has 2 bridgehead atoms. The number of likely N-dealkylation sites (tertiary alicyclic amines) is 1. The lowest BCUT2D eigenvalue weighted by molar-refractivity contribution is 0.237. The number of nitrogens with zero attached hydrogens (tertiary/aromatic N) is 1. The molecule has 1 aliphatic heterocycles. The van der Waals surface area contributed by atoms with Crippen molar-refractivity contribution in [1.82, 2.24) is 4.90 Å². The third kappa shape index (κ3) is 3.64. The van der Waals surface area contributed by atoms with E-state index < -0.39 is 10.0 Å². The van der Waals surface area contributed by atoms with Gasteiger partial charge in [0.25, 0.3) is 0 Å². The van der Waals surface area contributed by atoms with Gasteiger partial charge >= 0.3 is 0 Å². The van der Waals surface area contributed by atoms with Crippen molar-refractivity contribution in [2.24, 2.45) is 11.1 Å². The predicted octanol–water partition coefficient (Wildman–Crippen LogP) is 3.38. The fourth-order valence-electron chi connectivity index (χ4n) is 4.31. The average molecular weight is 356 g/mol. The van der Waals surface area contributed by atoms with Crippen LogP contribution in [0.25, 0.3) is 11.1 Å². The Kier molecular flexibility index (Phi) is 4.40. The fraction of sp³-hybridized carbons (Fsp3) is 0.400. The van der Waals surface area contributed by atoms with Gasteiger partial charge < -0.3 is 0 Å². The van der Waals surface area contributed by atoms with Gasteiger partial charge in [0.2, 0.25) is 10.0 Å². The zero-order valence-corrected chi connectivity index (χ0v) is 15.1. The SMILES string of the molecule is NS(=O)(=O)c1ccc(-c2ccc(CN3C[C@@H]4CCC[C@H]3C4)cc2)cc1. The first-order valence-corrected chi connectivity index (χ1v) is 10.5. The van der Waals surface area contributed by atoms with E-state index in [-0.39, 0.29) is 4.90 Å². The maximum Gasteiger partial charge on any atom is 0.238 e. The molecule has 1 saturated carbocycles. The predicted molar refractivity (Wildman–Crippen MR) is 99.4 cm³/mol. The summed E-state index contributed by atoms with van der Waals surface area (Å²) in [7, 11) is -3.63. The first-order chi connectivity index (χ1) is 12.0. The Morgan fingerprint density at radius 3 is 2.20 bits per heavy atom. The number of nitrogens with two attached hydrogens (primary N) is 1. The molecule has 1 saturated heterocycles.